The van der Waals surface area contributed by atoms with Gasteiger partial charge in [-0.15, -0.1) is 0 Å². The average molecular weight is 360 g/mol. The maximum atomic E-state index is 12.3. The molecule has 0 aromatic heterocycles. The van der Waals surface area contributed by atoms with Crippen LogP contribution in [0.25, 0.3) is 0 Å². The second kappa shape index (κ2) is 10.2. The number of nitrogens with zero attached hydrogens (tertiary/aromatic N) is 1. The molecule has 1 aliphatic heterocycles. The lowest BCUT2D eigenvalue weighted by Crippen LogP contribution is -2.46. The third-order valence-electron chi connectivity index (χ3n) is 4.63. The van der Waals surface area contributed by atoms with Gasteiger partial charge in [0.25, 0.3) is 0 Å². The number of likely N-dealkylation sites (tertiary alicyclic amines) is 1. The highest BCUT2D eigenvalue weighted by Crippen LogP contribution is 2.14. The number of piperidine rings is 1. The van der Waals surface area contributed by atoms with Crippen LogP contribution in [0.5, 0.6) is 5.75 Å². The van der Waals surface area contributed by atoms with E-state index in [0.717, 1.165) is 38.1 Å². The number of aryl methyl sites for hydroxylation is 1. The molecule has 1 saturated heterocycles. The monoisotopic (exact) mass is 360 g/mol. The fraction of sp³-hybridized carbons (Fsp3) is 0.619. The van der Waals surface area contributed by atoms with Crippen molar-refractivity contribution in [1.29, 1.82) is 0 Å². The van der Waals surface area contributed by atoms with E-state index in [0.29, 0.717) is 25.4 Å². The molecule has 0 bridgehead atoms. The van der Waals surface area contributed by atoms with Gasteiger partial charge >= 0.3 is 0 Å². The van der Waals surface area contributed by atoms with Crippen LogP contribution in [0.3, 0.4) is 0 Å². The van der Waals surface area contributed by atoms with Crippen LogP contribution in [0.15, 0.2) is 24.3 Å². The highest BCUT2D eigenvalue weighted by Gasteiger charge is 2.23. The van der Waals surface area contributed by atoms with E-state index in [4.69, 9.17) is 4.74 Å². The van der Waals surface area contributed by atoms with Gasteiger partial charge in [0.05, 0.1) is 6.61 Å². The molecule has 5 nitrogen and oxygen atoms in total. The van der Waals surface area contributed by atoms with E-state index >= 15 is 0 Å². The number of hydrogen-bond acceptors (Lipinski definition) is 3. The van der Waals surface area contributed by atoms with Crippen LogP contribution in [-0.4, -0.2) is 42.5 Å². The lowest BCUT2D eigenvalue weighted by atomic mass is 10.0. The fourth-order valence-corrected chi connectivity index (χ4v) is 3.14. The Morgan fingerprint density at radius 3 is 2.46 bits per heavy atom. The Hall–Kier alpha value is -2.04. The molecule has 0 radical (unpaired) electrons. The molecule has 0 atom stereocenters. The van der Waals surface area contributed by atoms with Crippen molar-refractivity contribution < 1.29 is 14.3 Å². The van der Waals surface area contributed by atoms with E-state index in [1.807, 2.05) is 49.9 Å². The highest BCUT2D eigenvalue weighted by molar-refractivity contribution is 5.77. The number of amides is 2. The van der Waals surface area contributed by atoms with E-state index in [-0.39, 0.29) is 17.9 Å². The van der Waals surface area contributed by atoms with Gasteiger partial charge in [-0.05, 0) is 44.2 Å². The molecule has 5 heteroatoms. The molecule has 0 aliphatic carbocycles. The summed E-state index contributed by atoms with van der Waals surface area (Å²) >= 11 is 0. The van der Waals surface area contributed by atoms with E-state index in [2.05, 4.69) is 5.32 Å². The van der Waals surface area contributed by atoms with E-state index < -0.39 is 0 Å². The maximum Gasteiger partial charge on any atom is 0.222 e. The van der Waals surface area contributed by atoms with Crippen molar-refractivity contribution in [2.24, 2.45) is 5.92 Å². The molecule has 1 aromatic carbocycles. The molecule has 0 saturated carbocycles. The Morgan fingerprint density at radius 2 is 1.85 bits per heavy atom. The summed E-state index contributed by atoms with van der Waals surface area (Å²) in [7, 11) is 0. The van der Waals surface area contributed by atoms with Crippen molar-refractivity contribution in [2.75, 3.05) is 19.7 Å². The van der Waals surface area contributed by atoms with Gasteiger partial charge in [-0.3, -0.25) is 9.59 Å². The first-order valence-electron chi connectivity index (χ1n) is 9.70. The number of ether oxygens (including phenoxy) is 1. The number of nitrogens with one attached hydrogen (secondary N) is 1. The molecule has 2 amide bonds. The predicted octanol–water partition coefficient (Wildman–Crippen LogP) is 3.31. The first-order chi connectivity index (χ1) is 12.4. The summed E-state index contributed by atoms with van der Waals surface area (Å²) in [4.78, 5) is 26.1. The van der Waals surface area contributed by atoms with Crippen LogP contribution in [0.4, 0.5) is 0 Å². The standard InChI is InChI=1S/C21H32N2O3/c1-16(2)15-20(24)22-18-10-12-23(13-11-18)21(25)5-4-14-26-19-8-6-17(3)7-9-19/h6-9,16,18H,4-5,10-15H2,1-3H3,(H,22,24). The van der Waals surface area contributed by atoms with Crippen molar-refractivity contribution in [3.05, 3.63) is 29.8 Å². The fourth-order valence-electron chi connectivity index (χ4n) is 3.14. The minimum atomic E-state index is 0.123. The quantitative estimate of drug-likeness (QED) is 0.724. The van der Waals surface area contributed by atoms with Crippen LogP contribution in [0.2, 0.25) is 0 Å². The van der Waals surface area contributed by atoms with Gasteiger partial charge in [-0.25, -0.2) is 0 Å². The van der Waals surface area contributed by atoms with Gasteiger partial charge in [0, 0.05) is 32.0 Å². The van der Waals surface area contributed by atoms with Crippen LogP contribution >= 0.6 is 0 Å². The van der Waals surface area contributed by atoms with E-state index in [1.165, 1.54) is 5.56 Å². The molecule has 1 fully saturated rings. The molecular weight excluding hydrogens is 328 g/mol. The smallest absolute Gasteiger partial charge is 0.222 e. The highest BCUT2D eigenvalue weighted by atomic mass is 16.5. The Labute approximate surface area is 157 Å². The van der Waals surface area contributed by atoms with Crippen LogP contribution in [0.1, 0.15) is 51.5 Å². The van der Waals surface area contributed by atoms with E-state index in [1.54, 1.807) is 0 Å². The molecule has 2 rings (SSSR count). The number of carbonyl (C=O) groups is 2. The Bertz CT molecular complexity index is 575. The lowest BCUT2D eigenvalue weighted by Gasteiger charge is -2.32. The summed E-state index contributed by atoms with van der Waals surface area (Å²) in [6.07, 6.45) is 3.49. The number of carbonyl (C=O) groups excluding carboxylic acids is 2. The Kier molecular flexibility index (Phi) is 7.95. The van der Waals surface area contributed by atoms with Gasteiger partial charge in [0.1, 0.15) is 5.75 Å². The van der Waals surface area contributed by atoms with Gasteiger partial charge in [-0.2, -0.15) is 0 Å². The molecule has 1 heterocycles. The van der Waals surface area contributed by atoms with Crippen molar-refractivity contribution in [3.8, 4) is 5.75 Å². The first-order valence-corrected chi connectivity index (χ1v) is 9.70. The predicted molar refractivity (Wildman–Crippen MR) is 103 cm³/mol. The Morgan fingerprint density at radius 1 is 1.19 bits per heavy atom. The first kappa shape index (κ1) is 20.3. The summed E-state index contributed by atoms with van der Waals surface area (Å²) in [5.41, 5.74) is 1.20. The third-order valence-corrected chi connectivity index (χ3v) is 4.63. The van der Waals surface area contributed by atoms with Crippen molar-refractivity contribution in [2.45, 2.75) is 58.9 Å². The van der Waals surface area contributed by atoms with Crippen LogP contribution in [-0.2, 0) is 9.59 Å². The van der Waals surface area contributed by atoms with Crippen molar-refractivity contribution in [3.63, 3.8) is 0 Å². The molecule has 26 heavy (non-hydrogen) atoms. The summed E-state index contributed by atoms with van der Waals surface area (Å²) < 4.78 is 5.67. The minimum absolute atomic E-state index is 0.123. The SMILES string of the molecule is Cc1ccc(OCCCC(=O)N2CCC(NC(=O)CC(C)C)CC2)cc1. The second-order valence-electron chi connectivity index (χ2n) is 7.59. The third kappa shape index (κ3) is 7.06. The molecule has 0 unspecified atom stereocenters. The second-order valence-corrected chi connectivity index (χ2v) is 7.59. The zero-order chi connectivity index (χ0) is 18.9. The van der Waals surface area contributed by atoms with Gasteiger partial charge in [-0.1, -0.05) is 31.5 Å². The largest absolute Gasteiger partial charge is 0.494 e. The summed E-state index contributed by atoms with van der Waals surface area (Å²) in [5, 5.41) is 3.09. The zero-order valence-electron chi connectivity index (χ0n) is 16.3. The molecular formula is C21H32N2O3. The molecule has 1 aromatic rings. The maximum absolute atomic E-state index is 12.3. The summed E-state index contributed by atoms with van der Waals surface area (Å²) in [6, 6.07) is 8.15. The van der Waals surface area contributed by atoms with Crippen LogP contribution < -0.4 is 10.1 Å². The number of rotatable bonds is 8. The molecule has 0 spiro atoms. The lowest BCUT2D eigenvalue weighted by molar-refractivity contribution is -0.132. The normalized spacial score (nSPS) is 15.2. The van der Waals surface area contributed by atoms with Gasteiger partial charge in [0.15, 0.2) is 0 Å². The average Bonchev–Trinajstić information content (AvgIpc) is 2.60. The van der Waals surface area contributed by atoms with Crippen LogP contribution in [0, 0.1) is 12.8 Å². The topological polar surface area (TPSA) is 58.6 Å². The van der Waals surface area contributed by atoms with E-state index in [9.17, 15) is 9.59 Å². The molecule has 144 valence electrons. The summed E-state index contributed by atoms with van der Waals surface area (Å²) in [6.45, 7) is 8.14. The van der Waals surface area contributed by atoms with Gasteiger partial charge in [0.2, 0.25) is 11.8 Å². The minimum Gasteiger partial charge on any atom is -0.494 e. The van der Waals surface area contributed by atoms with Gasteiger partial charge < -0.3 is 15.0 Å². The molecule has 1 N–H and O–H groups in total. The Balaban J connectivity index is 1.60. The number of benzene rings is 1. The van der Waals surface area contributed by atoms with Crippen molar-refractivity contribution in [1.82, 2.24) is 10.2 Å². The zero-order valence-corrected chi connectivity index (χ0v) is 16.3. The molecule has 1 aliphatic rings. The van der Waals surface area contributed by atoms with Crippen molar-refractivity contribution >= 4 is 11.8 Å². The summed E-state index contributed by atoms with van der Waals surface area (Å²) in [5.74, 6) is 1.53. The number of hydrogen-bond donors (Lipinski definition) is 1.